The average Bonchev–Trinajstić information content (AvgIpc) is 1.61. The van der Waals surface area contributed by atoms with Crippen LogP contribution in [0.3, 0.4) is 0 Å². The van der Waals surface area contributed by atoms with E-state index in [-0.39, 0.29) is 18.6 Å². The van der Waals surface area contributed by atoms with Gasteiger partial charge >= 0.3 is 0 Å². The van der Waals surface area contributed by atoms with Crippen molar-refractivity contribution in [2.45, 2.75) is 6.92 Å². The summed E-state index contributed by atoms with van der Waals surface area (Å²) in [5.74, 6) is 0.731. The number of thioether (sulfide) groups is 1. The minimum Gasteiger partial charge on any atom is -0.288 e. The van der Waals surface area contributed by atoms with E-state index in [1.165, 1.54) is 11.8 Å². The molecule has 1 nitrogen and oxygen atoms in total. The highest BCUT2D eigenvalue weighted by molar-refractivity contribution is 8.13. The molecule has 0 aliphatic rings. The van der Waals surface area contributed by atoms with Crippen molar-refractivity contribution in [1.82, 2.24) is 0 Å². The first-order valence-corrected chi connectivity index (χ1v) is 3.00. The summed E-state index contributed by atoms with van der Waals surface area (Å²) in [5.41, 5.74) is 0. The summed E-state index contributed by atoms with van der Waals surface area (Å²) in [5, 5.41) is 0.153. The number of carbonyl (C=O) groups excluding carboxylic acids is 1. The van der Waals surface area contributed by atoms with Gasteiger partial charge in [0.15, 0.2) is 5.12 Å². The molecule has 3 heteroatoms. The lowest BCUT2D eigenvalue weighted by molar-refractivity contribution is -0.109. The van der Waals surface area contributed by atoms with E-state index in [9.17, 15) is 4.79 Å². The van der Waals surface area contributed by atoms with Crippen molar-refractivity contribution in [2.75, 3.05) is 5.75 Å². The molecule has 0 spiro atoms. The Morgan fingerprint density at radius 3 is 2.50 bits per heavy atom. The van der Waals surface area contributed by atoms with E-state index in [0.29, 0.717) is 0 Å². The van der Waals surface area contributed by atoms with Crippen LogP contribution in [-0.2, 0) is 4.79 Å². The molecule has 0 rings (SSSR count). The standard InChI is InChI=1S/C5H8OS.H2S/c1-3-4-7-5(2)6;/h3H,1,4H2,2H3;1H2. The van der Waals surface area contributed by atoms with E-state index in [1.807, 2.05) is 0 Å². The molecule has 0 aliphatic carbocycles. The van der Waals surface area contributed by atoms with Gasteiger partial charge in [-0.15, -0.1) is 6.58 Å². The predicted octanol–water partition coefficient (Wildman–Crippen LogP) is 1.56. The summed E-state index contributed by atoms with van der Waals surface area (Å²) in [6.07, 6.45) is 1.71. The van der Waals surface area contributed by atoms with Crippen LogP contribution in [0.1, 0.15) is 6.92 Å². The average molecular weight is 150 g/mol. The topological polar surface area (TPSA) is 17.1 Å². The van der Waals surface area contributed by atoms with Crippen LogP contribution in [0.2, 0.25) is 0 Å². The summed E-state index contributed by atoms with van der Waals surface area (Å²) in [7, 11) is 0. The molecule has 8 heavy (non-hydrogen) atoms. The third-order valence-corrected chi connectivity index (χ3v) is 1.21. The Hall–Kier alpha value is 0.110. The molecule has 0 aromatic carbocycles. The molecule has 0 radical (unpaired) electrons. The van der Waals surface area contributed by atoms with Crippen molar-refractivity contribution in [3.8, 4) is 0 Å². The Labute approximate surface area is 61.0 Å². The second-order valence-electron chi connectivity index (χ2n) is 1.09. The number of hydrogen-bond donors (Lipinski definition) is 0. The summed E-state index contributed by atoms with van der Waals surface area (Å²) in [6.45, 7) is 5.01. The van der Waals surface area contributed by atoms with Crippen LogP contribution in [0, 0.1) is 0 Å². The highest BCUT2D eigenvalue weighted by Crippen LogP contribution is 1.98. The van der Waals surface area contributed by atoms with Gasteiger partial charge in [-0.05, 0) is 0 Å². The number of carbonyl (C=O) groups is 1. The van der Waals surface area contributed by atoms with Crippen molar-refractivity contribution in [2.24, 2.45) is 0 Å². The van der Waals surface area contributed by atoms with Crippen LogP contribution in [0.4, 0.5) is 0 Å². The Morgan fingerprint density at radius 1 is 1.88 bits per heavy atom. The van der Waals surface area contributed by atoms with Gasteiger partial charge in [-0.1, -0.05) is 17.8 Å². The van der Waals surface area contributed by atoms with Crippen LogP contribution in [0.5, 0.6) is 0 Å². The van der Waals surface area contributed by atoms with Crippen LogP contribution in [0.25, 0.3) is 0 Å². The molecule has 0 bridgehead atoms. The molecular weight excluding hydrogens is 140 g/mol. The maximum Gasteiger partial charge on any atom is 0.186 e. The van der Waals surface area contributed by atoms with Gasteiger partial charge in [-0.2, -0.15) is 13.5 Å². The molecule has 0 aliphatic heterocycles. The van der Waals surface area contributed by atoms with Gasteiger partial charge in [-0.25, -0.2) is 0 Å². The summed E-state index contributed by atoms with van der Waals surface area (Å²) >= 11 is 1.27. The largest absolute Gasteiger partial charge is 0.288 e. The molecule has 0 heterocycles. The van der Waals surface area contributed by atoms with E-state index in [2.05, 4.69) is 6.58 Å². The number of rotatable bonds is 2. The minimum absolute atomic E-state index is 0. The molecule has 0 aromatic rings. The second-order valence-corrected chi connectivity index (χ2v) is 2.29. The van der Waals surface area contributed by atoms with Crippen molar-refractivity contribution in [1.29, 1.82) is 0 Å². The maximum absolute atomic E-state index is 10.1. The van der Waals surface area contributed by atoms with E-state index in [4.69, 9.17) is 0 Å². The van der Waals surface area contributed by atoms with Crippen molar-refractivity contribution < 1.29 is 4.79 Å². The molecule has 0 aromatic heterocycles. The van der Waals surface area contributed by atoms with Crippen molar-refractivity contribution in [3.63, 3.8) is 0 Å². The summed E-state index contributed by atoms with van der Waals surface area (Å²) in [6, 6.07) is 0. The fourth-order valence-corrected chi connectivity index (χ4v) is 0.529. The van der Waals surface area contributed by atoms with Gasteiger partial charge in [0, 0.05) is 12.7 Å². The molecule has 0 unspecified atom stereocenters. The molecule has 0 saturated heterocycles. The van der Waals surface area contributed by atoms with Gasteiger partial charge in [-0.3, -0.25) is 4.79 Å². The zero-order valence-corrected chi connectivity index (χ0v) is 6.62. The van der Waals surface area contributed by atoms with E-state index < -0.39 is 0 Å². The third-order valence-electron chi connectivity index (χ3n) is 0.404. The van der Waals surface area contributed by atoms with Crippen LogP contribution < -0.4 is 0 Å². The quantitative estimate of drug-likeness (QED) is 0.556. The van der Waals surface area contributed by atoms with Crippen molar-refractivity contribution in [3.05, 3.63) is 12.7 Å². The first-order valence-electron chi connectivity index (χ1n) is 2.01. The van der Waals surface area contributed by atoms with Gasteiger partial charge < -0.3 is 0 Å². The Morgan fingerprint density at radius 2 is 2.38 bits per heavy atom. The first kappa shape index (κ1) is 11.0. The zero-order valence-electron chi connectivity index (χ0n) is 4.81. The molecule has 0 N–H and O–H groups in total. The number of hydrogen-bond acceptors (Lipinski definition) is 2. The fourth-order valence-electron chi connectivity index (χ4n) is 0.176. The first-order chi connectivity index (χ1) is 3.27. The molecule has 0 fully saturated rings. The summed E-state index contributed by atoms with van der Waals surface area (Å²) < 4.78 is 0. The van der Waals surface area contributed by atoms with Gasteiger partial charge in [0.25, 0.3) is 0 Å². The molecule has 0 saturated carbocycles. The summed E-state index contributed by atoms with van der Waals surface area (Å²) in [4.78, 5) is 10.1. The van der Waals surface area contributed by atoms with Gasteiger partial charge in [0.1, 0.15) is 0 Å². The van der Waals surface area contributed by atoms with E-state index in [1.54, 1.807) is 13.0 Å². The zero-order chi connectivity index (χ0) is 5.70. The highest BCUT2D eigenvalue weighted by atomic mass is 32.2. The Kier molecular flexibility index (Phi) is 9.76. The molecule has 48 valence electrons. The molecular formula is C5H10OS2. The van der Waals surface area contributed by atoms with E-state index >= 15 is 0 Å². The Bertz CT molecular complexity index is 80.5. The van der Waals surface area contributed by atoms with Gasteiger partial charge in [0.2, 0.25) is 0 Å². The predicted molar refractivity (Wildman–Crippen MR) is 43.7 cm³/mol. The fraction of sp³-hybridized carbons (Fsp3) is 0.400. The monoisotopic (exact) mass is 150 g/mol. The Balaban J connectivity index is 0. The second kappa shape index (κ2) is 7.11. The van der Waals surface area contributed by atoms with Crippen LogP contribution >= 0.6 is 25.3 Å². The SMILES string of the molecule is C=CCSC(C)=O.S. The lowest BCUT2D eigenvalue weighted by atomic mass is 10.8. The minimum atomic E-state index is 0. The third kappa shape index (κ3) is 9.44. The highest BCUT2D eigenvalue weighted by Gasteiger charge is 1.85. The van der Waals surface area contributed by atoms with E-state index in [0.717, 1.165) is 5.75 Å². The normalized spacial score (nSPS) is 7.12. The lowest BCUT2D eigenvalue weighted by Crippen LogP contribution is -1.79. The lowest BCUT2D eigenvalue weighted by Gasteiger charge is -1.82. The molecule has 0 amide bonds. The maximum atomic E-state index is 10.1. The van der Waals surface area contributed by atoms with Gasteiger partial charge in [0.05, 0.1) is 0 Å². The molecule has 0 atom stereocenters. The van der Waals surface area contributed by atoms with Crippen molar-refractivity contribution >= 4 is 30.4 Å². The van der Waals surface area contributed by atoms with Crippen LogP contribution in [-0.4, -0.2) is 10.9 Å². The smallest absolute Gasteiger partial charge is 0.186 e. The van der Waals surface area contributed by atoms with Crippen LogP contribution in [0.15, 0.2) is 12.7 Å².